The molecule has 1 saturated carbocycles. The molecule has 2 aliphatic rings. The maximum atomic E-state index is 13.9. The van der Waals surface area contributed by atoms with Gasteiger partial charge in [-0.3, -0.25) is 4.79 Å². The first kappa shape index (κ1) is 23.0. The number of aliphatic hydroxyl groups is 1. The Bertz CT molecular complexity index is 1220. The fourth-order valence-electron chi connectivity index (χ4n) is 4.97. The summed E-state index contributed by atoms with van der Waals surface area (Å²) in [6, 6.07) is 4.27. The van der Waals surface area contributed by atoms with Gasteiger partial charge in [0.2, 0.25) is 5.78 Å². The Balaban J connectivity index is 1.38. The molecule has 1 aromatic carbocycles. The van der Waals surface area contributed by atoms with E-state index in [0.717, 1.165) is 18.4 Å². The third-order valence-corrected chi connectivity index (χ3v) is 7.79. The van der Waals surface area contributed by atoms with E-state index in [2.05, 4.69) is 22.2 Å². The van der Waals surface area contributed by atoms with E-state index < -0.39 is 17.7 Å². The van der Waals surface area contributed by atoms with Gasteiger partial charge in [-0.1, -0.05) is 6.92 Å². The number of hydrogen-bond acceptors (Lipinski definition) is 7. The Morgan fingerprint density at radius 3 is 2.88 bits per heavy atom. The molecule has 1 unspecified atom stereocenters. The maximum Gasteiger partial charge on any atom is 0.208 e. The molecule has 1 fully saturated rings. The molecule has 0 amide bonds. The minimum Gasteiger partial charge on any atom is -0.396 e. The van der Waals surface area contributed by atoms with Crippen molar-refractivity contribution >= 4 is 22.9 Å². The number of aliphatic hydroxyl groups excluding tert-OH is 1. The molecule has 6 nitrogen and oxygen atoms in total. The highest BCUT2D eigenvalue weighted by Gasteiger charge is 2.32. The first-order valence-electron chi connectivity index (χ1n) is 11.3. The van der Waals surface area contributed by atoms with Gasteiger partial charge in [0.1, 0.15) is 18.2 Å². The smallest absolute Gasteiger partial charge is 0.208 e. The molecule has 1 aliphatic heterocycles. The molecular weight excluding hydrogens is 460 g/mol. The van der Waals surface area contributed by atoms with Crippen molar-refractivity contribution in [2.24, 2.45) is 11.8 Å². The van der Waals surface area contributed by atoms with Crippen LogP contribution >= 0.6 is 11.3 Å². The standard InChI is InChI=1S/C25H25F2N3O3S/c1-13-4-17(5-15(13)10-31)30-25-19(9-28-12-29-25)23(32)22-7-16(11-34-22)24-18-8-21(27)20(26)6-14(18)2-3-33-24/h6-9,11-13,15,17,24,31H,2-5,10H2,1H3,(H,28,29,30)/t13-,15+,17-,24?/m0/s1. The first-order valence-corrected chi connectivity index (χ1v) is 12.2. The number of fused-ring (bicyclic) bond motifs is 1. The summed E-state index contributed by atoms with van der Waals surface area (Å²) in [5.41, 5.74) is 2.39. The number of rotatable bonds is 6. The lowest BCUT2D eigenvalue weighted by atomic mass is 9.93. The van der Waals surface area contributed by atoms with Crippen molar-refractivity contribution in [1.29, 1.82) is 0 Å². The van der Waals surface area contributed by atoms with Crippen LogP contribution in [0.4, 0.5) is 14.6 Å². The van der Waals surface area contributed by atoms with Crippen LogP contribution in [0, 0.1) is 23.5 Å². The number of benzene rings is 1. The number of halogens is 2. The Morgan fingerprint density at radius 1 is 1.26 bits per heavy atom. The topological polar surface area (TPSA) is 84.3 Å². The summed E-state index contributed by atoms with van der Waals surface area (Å²) in [6.45, 7) is 2.65. The average Bonchev–Trinajstić information content (AvgIpc) is 3.46. The van der Waals surface area contributed by atoms with Crippen molar-refractivity contribution in [1.82, 2.24) is 9.97 Å². The Morgan fingerprint density at radius 2 is 2.09 bits per heavy atom. The summed E-state index contributed by atoms with van der Waals surface area (Å²) in [4.78, 5) is 22.2. The minimum atomic E-state index is -0.914. The fourth-order valence-corrected chi connectivity index (χ4v) is 5.84. The number of carbonyl (C=O) groups is 1. The van der Waals surface area contributed by atoms with E-state index >= 15 is 0 Å². The van der Waals surface area contributed by atoms with E-state index in [4.69, 9.17) is 4.74 Å². The number of carbonyl (C=O) groups excluding carboxylic acids is 1. The van der Waals surface area contributed by atoms with Crippen LogP contribution in [0.5, 0.6) is 0 Å². The van der Waals surface area contributed by atoms with Gasteiger partial charge >= 0.3 is 0 Å². The van der Waals surface area contributed by atoms with Gasteiger partial charge < -0.3 is 15.2 Å². The predicted molar refractivity (Wildman–Crippen MR) is 124 cm³/mol. The lowest BCUT2D eigenvalue weighted by Crippen LogP contribution is -2.20. The zero-order valence-electron chi connectivity index (χ0n) is 18.6. The van der Waals surface area contributed by atoms with Crippen LogP contribution < -0.4 is 5.32 Å². The van der Waals surface area contributed by atoms with Gasteiger partial charge in [-0.25, -0.2) is 18.7 Å². The Hall–Kier alpha value is -2.75. The highest BCUT2D eigenvalue weighted by Crippen LogP contribution is 2.37. The zero-order valence-corrected chi connectivity index (χ0v) is 19.4. The Kier molecular flexibility index (Phi) is 6.42. The summed E-state index contributed by atoms with van der Waals surface area (Å²) in [7, 11) is 0. The molecule has 3 heterocycles. The van der Waals surface area contributed by atoms with Gasteiger partial charge in [-0.05, 0) is 71.4 Å². The van der Waals surface area contributed by atoms with Crippen LogP contribution in [0.2, 0.25) is 0 Å². The minimum absolute atomic E-state index is 0.120. The summed E-state index contributed by atoms with van der Waals surface area (Å²) < 4.78 is 33.5. The van der Waals surface area contributed by atoms with E-state index in [0.29, 0.717) is 46.3 Å². The number of nitrogens with one attached hydrogen (secondary N) is 1. The summed E-state index contributed by atoms with van der Waals surface area (Å²) in [5, 5.41) is 14.7. The SMILES string of the molecule is C[C@H]1C[C@H](Nc2ncncc2C(=O)c2cc(C3OCCc4cc(F)c(F)cc43)cs2)C[C@@H]1CO. The van der Waals surface area contributed by atoms with E-state index in [1.54, 1.807) is 6.07 Å². The normalized spacial score (nSPS) is 24.1. The summed E-state index contributed by atoms with van der Waals surface area (Å²) >= 11 is 1.27. The van der Waals surface area contributed by atoms with Crippen molar-refractivity contribution in [3.05, 3.63) is 74.9 Å². The third-order valence-electron chi connectivity index (χ3n) is 6.85. The molecule has 5 rings (SSSR count). The molecular formula is C25H25F2N3O3S. The predicted octanol–water partition coefficient (Wildman–Crippen LogP) is 4.53. The zero-order chi connectivity index (χ0) is 23.8. The summed E-state index contributed by atoms with van der Waals surface area (Å²) in [5.74, 6) is -0.905. The van der Waals surface area contributed by atoms with Crippen LogP contribution in [0.3, 0.4) is 0 Å². The second-order valence-electron chi connectivity index (χ2n) is 9.06. The van der Waals surface area contributed by atoms with Gasteiger partial charge in [0.25, 0.3) is 0 Å². The molecule has 4 atom stereocenters. The number of nitrogens with zero attached hydrogens (tertiary/aromatic N) is 2. The van der Waals surface area contributed by atoms with Crippen molar-refractivity contribution < 1.29 is 23.4 Å². The lowest BCUT2D eigenvalue weighted by Gasteiger charge is -2.25. The van der Waals surface area contributed by atoms with E-state index in [9.17, 15) is 18.7 Å². The number of thiophene rings is 1. The molecule has 1 aliphatic carbocycles. The molecule has 9 heteroatoms. The molecule has 0 spiro atoms. The number of aromatic nitrogens is 2. The van der Waals surface area contributed by atoms with Crippen molar-refractivity contribution in [3.8, 4) is 0 Å². The Labute approximate surface area is 200 Å². The molecule has 2 N–H and O–H groups in total. The molecule has 0 saturated heterocycles. The highest BCUT2D eigenvalue weighted by atomic mass is 32.1. The molecule has 0 bridgehead atoms. The van der Waals surface area contributed by atoms with Crippen molar-refractivity contribution in [2.45, 2.75) is 38.3 Å². The quantitative estimate of drug-likeness (QED) is 0.499. The third kappa shape index (κ3) is 4.35. The lowest BCUT2D eigenvalue weighted by molar-refractivity contribution is 0.0695. The second kappa shape index (κ2) is 9.48. The maximum absolute atomic E-state index is 13.9. The van der Waals surface area contributed by atoms with Crippen LogP contribution in [-0.4, -0.2) is 40.1 Å². The van der Waals surface area contributed by atoms with Crippen LogP contribution in [0.15, 0.2) is 36.1 Å². The van der Waals surface area contributed by atoms with Gasteiger partial charge in [-0.2, -0.15) is 0 Å². The highest BCUT2D eigenvalue weighted by molar-refractivity contribution is 7.12. The van der Waals surface area contributed by atoms with Gasteiger partial charge in [0.05, 0.1) is 17.0 Å². The number of anilines is 1. The molecule has 0 radical (unpaired) electrons. The molecule has 2 aromatic heterocycles. The van der Waals surface area contributed by atoms with Crippen LogP contribution in [-0.2, 0) is 11.2 Å². The fraction of sp³-hybridized carbons (Fsp3) is 0.400. The number of ketones is 1. The van der Waals surface area contributed by atoms with Gasteiger partial charge in [0, 0.05) is 18.8 Å². The van der Waals surface area contributed by atoms with E-state index in [1.165, 1.54) is 36.0 Å². The van der Waals surface area contributed by atoms with Gasteiger partial charge in [0.15, 0.2) is 11.6 Å². The number of ether oxygens (including phenoxy) is 1. The van der Waals surface area contributed by atoms with Gasteiger partial charge in [-0.15, -0.1) is 11.3 Å². The average molecular weight is 486 g/mol. The second-order valence-corrected chi connectivity index (χ2v) is 9.97. The van der Waals surface area contributed by atoms with E-state index in [1.807, 2.05) is 5.38 Å². The summed E-state index contributed by atoms with van der Waals surface area (Å²) in [6.07, 6.45) is 4.56. The largest absolute Gasteiger partial charge is 0.396 e. The number of hydrogen-bond donors (Lipinski definition) is 2. The van der Waals surface area contributed by atoms with Crippen molar-refractivity contribution in [2.75, 3.05) is 18.5 Å². The van der Waals surface area contributed by atoms with Crippen LogP contribution in [0.1, 0.15) is 57.8 Å². The molecule has 3 aromatic rings. The molecule has 34 heavy (non-hydrogen) atoms. The van der Waals surface area contributed by atoms with Crippen molar-refractivity contribution in [3.63, 3.8) is 0 Å². The molecule has 178 valence electrons. The van der Waals surface area contributed by atoms with Crippen LogP contribution in [0.25, 0.3) is 0 Å². The first-order chi connectivity index (χ1) is 16.4. The monoisotopic (exact) mass is 485 g/mol. The van der Waals surface area contributed by atoms with E-state index in [-0.39, 0.29) is 24.3 Å².